The van der Waals surface area contributed by atoms with Crippen LogP contribution in [-0.2, 0) is 5.41 Å². The first kappa shape index (κ1) is 16.8. The van der Waals surface area contributed by atoms with Crippen LogP contribution in [0.3, 0.4) is 0 Å². The molecule has 0 saturated carbocycles. The molecule has 2 aromatic heterocycles. The fourth-order valence-corrected chi connectivity index (χ4v) is 4.33. The summed E-state index contributed by atoms with van der Waals surface area (Å²) in [6.45, 7) is 3.01. The highest BCUT2D eigenvalue weighted by Crippen LogP contribution is 2.42. The van der Waals surface area contributed by atoms with Crippen LogP contribution in [0.15, 0.2) is 46.4 Å². The number of likely N-dealkylation sites (tertiary alicyclic amines) is 1. The van der Waals surface area contributed by atoms with E-state index in [1.165, 1.54) is 23.2 Å². The van der Waals surface area contributed by atoms with Crippen LogP contribution in [0.5, 0.6) is 0 Å². The predicted octanol–water partition coefficient (Wildman–Crippen LogP) is 3.24. The van der Waals surface area contributed by atoms with Crippen molar-refractivity contribution in [3.05, 3.63) is 64.8 Å². The number of carbonyl (C=O) groups excluding carboxylic acids is 1. The van der Waals surface area contributed by atoms with E-state index in [1.54, 1.807) is 6.92 Å². The van der Waals surface area contributed by atoms with Crippen molar-refractivity contribution in [1.82, 2.24) is 14.9 Å². The Kier molecular flexibility index (Phi) is 4.24. The Bertz CT molecular complexity index is 911. The normalized spacial score (nSPS) is 16.6. The summed E-state index contributed by atoms with van der Waals surface area (Å²) in [7, 11) is 0. The van der Waals surface area contributed by atoms with E-state index in [-0.39, 0.29) is 11.3 Å². The number of piperidine rings is 1. The maximum Gasteiger partial charge on any atom is 0.275 e. The van der Waals surface area contributed by atoms with E-state index >= 15 is 0 Å². The van der Waals surface area contributed by atoms with Crippen molar-refractivity contribution in [2.45, 2.75) is 25.2 Å². The third-order valence-electron chi connectivity index (χ3n) is 5.08. The lowest BCUT2D eigenvalue weighted by atomic mass is 9.70. The van der Waals surface area contributed by atoms with E-state index < -0.39 is 0 Å². The Morgan fingerprint density at radius 2 is 1.96 bits per heavy atom. The molecule has 26 heavy (non-hydrogen) atoms. The second-order valence-electron chi connectivity index (χ2n) is 6.56. The van der Waals surface area contributed by atoms with Gasteiger partial charge in [0.15, 0.2) is 16.7 Å². The van der Waals surface area contributed by atoms with Gasteiger partial charge in [0.1, 0.15) is 6.26 Å². The zero-order chi connectivity index (χ0) is 18.1. The quantitative estimate of drug-likeness (QED) is 0.767. The molecular weight excluding hydrogens is 348 g/mol. The molecule has 3 heterocycles. The molecule has 4 rings (SSSR count). The van der Waals surface area contributed by atoms with E-state index in [1.807, 2.05) is 28.5 Å². The van der Waals surface area contributed by atoms with Gasteiger partial charge in [-0.05, 0) is 18.4 Å². The average Bonchev–Trinajstić information content (AvgIpc) is 3.31. The smallest absolute Gasteiger partial charge is 0.275 e. The highest BCUT2D eigenvalue weighted by molar-refractivity contribution is 7.13. The number of nitrogens with zero attached hydrogens (tertiary/aromatic N) is 3. The van der Waals surface area contributed by atoms with Gasteiger partial charge in [-0.15, -0.1) is 11.3 Å². The van der Waals surface area contributed by atoms with Crippen LogP contribution >= 0.6 is 11.3 Å². The number of rotatable bonds is 3. The number of nitrogens with two attached hydrogens (primary N) is 1. The Labute approximate surface area is 155 Å². The van der Waals surface area contributed by atoms with Crippen LogP contribution in [0.25, 0.3) is 0 Å². The molecule has 7 heteroatoms. The molecule has 1 fully saturated rings. The Morgan fingerprint density at radius 3 is 2.54 bits per heavy atom. The van der Waals surface area contributed by atoms with Crippen molar-refractivity contribution < 1.29 is 9.21 Å². The van der Waals surface area contributed by atoms with Crippen LogP contribution in [0.2, 0.25) is 0 Å². The fourth-order valence-electron chi connectivity index (χ4n) is 3.67. The maximum absolute atomic E-state index is 12.7. The van der Waals surface area contributed by atoms with Gasteiger partial charge in [-0.2, -0.15) is 0 Å². The largest absolute Gasteiger partial charge is 0.448 e. The first-order chi connectivity index (χ1) is 12.6. The minimum absolute atomic E-state index is 0.0821. The van der Waals surface area contributed by atoms with Gasteiger partial charge < -0.3 is 15.1 Å². The molecule has 1 aliphatic rings. The van der Waals surface area contributed by atoms with E-state index in [9.17, 15) is 4.79 Å². The Morgan fingerprint density at radius 1 is 1.23 bits per heavy atom. The number of carbonyl (C=O) groups is 1. The molecule has 0 unspecified atom stereocenters. The third-order valence-corrected chi connectivity index (χ3v) is 5.75. The van der Waals surface area contributed by atoms with Gasteiger partial charge in [0, 0.05) is 30.8 Å². The maximum atomic E-state index is 12.7. The van der Waals surface area contributed by atoms with E-state index in [0.29, 0.717) is 29.8 Å². The number of hydrogen-bond donors (Lipinski definition) is 1. The van der Waals surface area contributed by atoms with Gasteiger partial charge in [-0.1, -0.05) is 30.3 Å². The summed E-state index contributed by atoms with van der Waals surface area (Å²) in [6, 6.07) is 10.4. The summed E-state index contributed by atoms with van der Waals surface area (Å²) in [5.74, 6) is 0.420. The number of thiazole rings is 1. The van der Waals surface area contributed by atoms with Gasteiger partial charge in [0.25, 0.3) is 5.91 Å². The number of amides is 1. The molecule has 134 valence electrons. The first-order valence-corrected chi connectivity index (χ1v) is 9.45. The molecule has 2 N–H and O–H groups in total. The second kappa shape index (κ2) is 6.57. The van der Waals surface area contributed by atoms with Crippen molar-refractivity contribution in [2.24, 2.45) is 0 Å². The molecule has 0 atom stereocenters. The number of aryl methyl sites for hydroxylation is 1. The number of aromatic nitrogens is 2. The standard InChI is InChI=1S/C19H20N4O2S/c1-13-21-15(11-25-13)17(24)23-9-7-19(8-10-23,14-5-3-2-4-6-14)16-12-26-18(20)22-16/h2-6,11-12H,7-10H2,1H3,(H2,20,22). The molecule has 6 nitrogen and oxygen atoms in total. The number of anilines is 1. The molecule has 3 aromatic rings. The summed E-state index contributed by atoms with van der Waals surface area (Å²) in [6.07, 6.45) is 3.02. The van der Waals surface area contributed by atoms with Crippen LogP contribution in [-0.4, -0.2) is 33.9 Å². The topological polar surface area (TPSA) is 85.2 Å². The molecule has 1 saturated heterocycles. The van der Waals surface area contributed by atoms with Gasteiger partial charge in [0.2, 0.25) is 0 Å². The molecule has 1 aromatic carbocycles. The van der Waals surface area contributed by atoms with Gasteiger partial charge >= 0.3 is 0 Å². The number of benzene rings is 1. The van der Waals surface area contributed by atoms with E-state index in [2.05, 4.69) is 22.1 Å². The molecule has 0 radical (unpaired) electrons. The zero-order valence-electron chi connectivity index (χ0n) is 14.5. The lowest BCUT2D eigenvalue weighted by molar-refractivity contribution is 0.0678. The van der Waals surface area contributed by atoms with Crippen LogP contribution in [0.4, 0.5) is 5.13 Å². The molecule has 0 spiro atoms. The Hall–Kier alpha value is -2.67. The van der Waals surface area contributed by atoms with Gasteiger partial charge in [-0.3, -0.25) is 4.79 Å². The molecular formula is C19H20N4O2S. The third kappa shape index (κ3) is 2.88. The van der Waals surface area contributed by atoms with Gasteiger partial charge in [-0.25, -0.2) is 9.97 Å². The van der Waals surface area contributed by atoms with Crippen LogP contribution in [0, 0.1) is 6.92 Å². The number of oxazole rings is 1. The van der Waals surface area contributed by atoms with E-state index in [4.69, 9.17) is 10.2 Å². The molecule has 1 aliphatic heterocycles. The highest BCUT2D eigenvalue weighted by atomic mass is 32.1. The molecule has 1 amide bonds. The SMILES string of the molecule is Cc1nc(C(=O)N2CCC(c3ccccc3)(c3csc(N)n3)CC2)co1. The highest BCUT2D eigenvalue weighted by Gasteiger charge is 2.41. The second-order valence-corrected chi connectivity index (χ2v) is 7.45. The molecule has 0 bridgehead atoms. The van der Waals surface area contributed by atoms with Crippen LogP contribution < -0.4 is 5.73 Å². The summed E-state index contributed by atoms with van der Waals surface area (Å²) in [5, 5.41) is 2.62. The number of nitrogen functional groups attached to an aromatic ring is 1. The van der Waals surface area contributed by atoms with Crippen molar-refractivity contribution in [1.29, 1.82) is 0 Å². The van der Waals surface area contributed by atoms with Crippen molar-refractivity contribution in [3.8, 4) is 0 Å². The monoisotopic (exact) mass is 368 g/mol. The first-order valence-electron chi connectivity index (χ1n) is 8.57. The van der Waals surface area contributed by atoms with E-state index in [0.717, 1.165) is 18.5 Å². The zero-order valence-corrected chi connectivity index (χ0v) is 15.3. The molecule has 0 aliphatic carbocycles. The summed E-state index contributed by atoms with van der Waals surface area (Å²) < 4.78 is 5.18. The minimum Gasteiger partial charge on any atom is -0.448 e. The van der Waals surface area contributed by atoms with Crippen molar-refractivity contribution in [2.75, 3.05) is 18.8 Å². The lowest BCUT2D eigenvalue weighted by Crippen LogP contribution is -2.46. The van der Waals surface area contributed by atoms with Crippen LogP contribution in [0.1, 0.15) is 40.5 Å². The summed E-state index contributed by atoms with van der Waals surface area (Å²) in [5.41, 5.74) is 8.27. The number of hydrogen-bond acceptors (Lipinski definition) is 6. The van der Waals surface area contributed by atoms with Crippen molar-refractivity contribution >= 4 is 22.4 Å². The summed E-state index contributed by atoms with van der Waals surface area (Å²) >= 11 is 1.46. The van der Waals surface area contributed by atoms with Crippen molar-refractivity contribution in [3.63, 3.8) is 0 Å². The van der Waals surface area contributed by atoms with Gasteiger partial charge in [0.05, 0.1) is 5.69 Å². The lowest BCUT2D eigenvalue weighted by Gasteiger charge is -2.41. The minimum atomic E-state index is -0.216. The average molecular weight is 368 g/mol. The Balaban J connectivity index is 1.61. The fraction of sp³-hybridized carbons (Fsp3) is 0.316. The summed E-state index contributed by atoms with van der Waals surface area (Å²) in [4.78, 5) is 23.2. The predicted molar refractivity (Wildman–Crippen MR) is 100 cm³/mol.